The second kappa shape index (κ2) is 8.23. The van der Waals surface area contributed by atoms with Crippen molar-refractivity contribution in [2.24, 2.45) is 0 Å². The average molecular weight is 347 g/mol. The van der Waals surface area contributed by atoms with Crippen molar-refractivity contribution in [2.45, 2.75) is 26.4 Å². The summed E-state index contributed by atoms with van der Waals surface area (Å²) in [5, 5.41) is 7.78. The molecule has 0 saturated heterocycles. The first-order valence-corrected chi connectivity index (χ1v) is 7.75. The lowest BCUT2D eigenvalue weighted by Gasteiger charge is -2.10. The number of anilines is 1. The third kappa shape index (κ3) is 5.56. The number of benzene rings is 2. The van der Waals surface area contributed by atoms with E-state index >= 15 is 0 Å². The van der Waals surface area contributed by atoms with Crippen LogP contribution in [0.4, 0.5) is 19.3 Å². The van der Waals surface area contributed by atoms with Crippen LogP contribution in [0.25, 0.3) is 0 Å². The Balaban J connectivity index is 1.94. The molecule has 132 valence electrons. The Kier molecular flexibility index (Phi) is 6.05. The standard InChI is InChI=1S/C18H19F2N3O2/c1-11(2)22-18(25)21-10-12-3-5-13(6-4-12)17(24)23-16-8-7-14(19)9-15(16)20/h3-9,11H,10H2,1-2H3,(H,23,24)(H2,21,22,25). The van der Waals surface area contributed by atoms with Crippen LogP contribution in [0.5, 0.6) is 0 Å². The summed E-state index contributed by atoms with van der Waals surface area (Å²) in [5.41, 5.74) is 1.03. The van der Waals surface area contributed by atoms with Crippen molar-refractivity contribution in [1.82, 2.24) is 10.6 Å². The van der Waals surface area contributed by atoms with Crippen molar-refractivity contribution < 1.29 is 18.4 Å². The predicted octanol–water partition coefficient (Wildman–Crippen LogP) is 3.42. The van der Waals surface area contributed by atoms with Crippen LogP contribution in [0.3, 0.4) is 0 Å². The highest BCUT2D eigenvalue weighted by molar-refractivity contribution is 6.04. The summed E-state index contributed by atoms with van der Waals surface area (Å²) in [6.07, 6.45) is 0. The number of carbonyl (C=O) groups is 2. The maximum absolute atomic E-state index is 13.6. The van der Waals surface area contributed by atoms with Crippen LogP contribution < -0.4 is 16.0 Å². The Hall–Kier alpha value is -2.96. The Morgan fingerprint density at radius 2 is 1.72 bits per heavy atom. The molecule has 2 aromatic carbocycles. The van der Waals surface area contributed by atoms with Gasteiger partial charge < -0.3 is 16.0 Å². The maximum Gasteiger partial charge on any atom is 0.315 e. The highest BCUT2D eigenvalue weighted by Gasteiger charge is 2.10. The van der Waals surface area contributed by atoms with Crippen molar-refractivity contribution in [2.75, 3.05) is 5.32 Å². The van der Waals surface area contributed by atoms with Gasteiger partial charge >= 0.3 is 6.03 Å². The first kappa shape index (κ1) is 18.4. The van der Waals surface area contributed by atoms with E-state index in [0.717, 1.165) is 17.7 Å². The normalized spacial score (nSPS) is 10.4. The molecular formula is C18H19F2N3O2. The molecule has 3 amide bonds. The SMILES string of the molecule is CC(C)NC(=O)NCc1ccc(C(=O)Nc2ccc(F)cc2F)cc1. The summed E-state index contributed by atoms with van der Waals surface area (Å²) >= 11 is 0. The smallest absolute Gasteiger partial charge is 0.315 e. The van der Waals surface area contributed by atoms with Gasteiger partial charge in [-0.25, -0.2) is 13.6 Å². The molecule has 2 aromatic rings. The summed E-state index contributed by atoms with van der Waals surface area (Å²) < 4.78 is 26.4. The minimum absolute atomic E-state index is 0.0397. The third-order valence-corrected chi connectivity index (χ3v) is 3.27. The molecule has 2 rings (SSSR count). The van der Waals surface area contributed by atoms with Crippen molar-refractivity contribution in [3.63, 3.8) is 0 Å². The van der Waals surface area contributed by atoms with Crippen LogP contribution in [0, 0.1) is 11.6 Å². The molecule has 0 aliphatic heterocycles. The van der Waals surface area contributed by atoms with E-state index in [-0.39, 0.29) is 17.8 Å². The quantitative estimate of drug-likeness (QED) is 0.776. The first-order chi connectivity index (χ1) is 11.8. The molecule has 0 saturated carbocycles. The molecule has 0 aliphatic rings. The lowest BCUT2D eigenvalue weighted by atomic mass is 10.1. The summed E-state index contributed by atoms with van der Waals surface area (Å²) in [4.78, 5) is 23.6. The summed E-state index contributed by atoms with van der Waals surface area (Å²) in [5.74, 6) is -2.07. The highest BCUT2D eigenvalue weighted by Crippen LogP contribution is 2.16. The number of hydrogen-bond acceptors (Lipinski definition) is 2. The number of halogens is 2. The second-order valence-corrected chi connectivity index (χ2v) is 5.76. The van der Waals surface area contributed by atoms with E-state index in [9.17, 15) is 18.4 Å². The van der Waals surface area contributed by atoms with Crippen LogP contribution in [0.1, 0.15) is 29.8 Å². The number of carbonyl (C=O) groups excluding carboxylic acids is 2. The molecule has 0 heterocycles. The van der Waals surface area contributed by atoms with Crippen LogP contribution in [0.15, 0.2) is 42.5 Å². The lowest BCUT2D eigenvalue weighted by molar-refractivity contribution is 0.102. The number of hydrogen-bond donors (Lipinski definition) is 3. The van der Waals surface area contributed by atoms with E-state index in [4.69, 9.17) is 0 Å². The minimum Gasteiger partial charge on any atom is -0.336 e. The topological polar surface area (TPSA) is 70.2 Å². The zero-order valence-electron chi connectivity index (χ0n) is 13.9. The van der Waals surface area contributed by atoms with Gasteiger partial charge in [0, 0.05) is 24.2 Å². The fourth-order valence-corrected chi connectivity index (χ4v) is 2.05. The van der Waals surface area contributed by atoms with Crippen molar-refractivity contribution in [3.8, 4) is 0 Å². The Morgan fingerprint density at radius 1 is 1.04 bits per heavy atom. The number of urea groups is 1. The molecule has 0 aliphatic carbocycles. The second-order valence-electron chi connectivity index (χ2n) is 5.76. The van der Waals surface area contributed by atoms with Crippen molar-refractivity contribution >= 4 is 17.6 Å². The molecule has 3 N–H and O–H groups in total. The molecule has 5 nitrogen and oxygen atoms in total. The summed E-state index contributed by atoms with van der Waals surface area (Å²) in [6, 6.07) is 9.19. The van der Waals surface area contributed by atoms with E-state index in [0.29, 0.717) is 18.2 Å². The van der Waals surface area contributed by atoms with Gasteiger partial charge in [0.15, 0.2) is 0 Å². The third-order valence-electron chi connectivity index (χ3n) is 3.27. The first-order valence-electron chi connectivity index (χ1n) is 7.75. The molecule has 0 aromatic heterocycles. The van der Waals surface area contributed by atoms with E-state index in [2.05, 4.69) is 16.0 Å². The van der Waals surface area contributed by atoms with Gasteiger partial charge in [-0.15, -0.1) is 0 Å². The van der Waals surface area contributed by atoms with Crippen molar-refractivity contribution in [1.29, 1.82) is 0 Å². The van der Waals surface area contributed by atoms with Gasteiger partial charge in [0.1, 0.15) is 11.6 Å². The fourth-order valence-electron chi connectivity index (χ4n) is 2.05. The van der Waals surface area contributed by atoms with Crippen molar-refractivity contribution in [3.05, 3.63) is 65.2 Å². The molecule has 0 spiro atoms. The van der Waals surface area contributed by atoms with Crippen LogP contribution in [-0.2, 0) is 6.54 Å². The van der Waals surface area contributed by atoms with Crippen LogP contribution in [-0.4, -0.2) is 18.0 Å². The Morgan fingerprint density at radius 3 is 2.32 bits per heavy atom. The van der Waals surface area contributed by atoms with Crippen LogP contribution in [0.2, 0.25) is 0 Å². The molecule has 0 fully saturated rings. The number of amides is 3. The predicted molar refractivity (Wildman–Crippen MR) is 91.3 cm³/mol. The molecule has 0 atom stereocenters. The van der Waals surface area contributed by atoms with Gasteiger partial charge in [-0.3, -0.25) is 4.79 Å². The molecule has 0 bridgehead atoms. The zero-order valence-corrected chi connectivity index (χ0v) is 13.9. The Bertz CT molecular complexity index is 761. The van der Waals surface area contributed by atoms with Gasteiger partial charge in [0.05, 0.1) is 5.69 Å². The van der Waals surface area contributed by atoms with Gasteiger partial charge in [-0.1, -0.05) is 12.1 Å². The minimum atomic E-state index is -0.842. The average Bonchev–Trinajstić information content (AvgIpc) is 2.55. The van der Waals surface area contributed by atoms with Gasteiger partial charge in [0.25, 0.3) is 5.91 Å². The molecule has 0 unspecified atom stereocenters. The number of rotatable bonds is 5. The molecule has 0 radical (unpaired) electrons. The molecular weight excluding hydrogens is 328 g/mol. The van der Waals surface area contributed by atoms with Crippen LogP contribution >= 0.6 is 0 Å². The monoisotopic (exact) mass is 347 g/mol. The van der Waals surface area contributed by atoms with Gasteiger partial charge in [-0.2, -0.15) is 0 Å². The van der Waals surface area contributed by atoms with Gasteiger partial charge in [-0.05, 0) is 43.7 Å². The van der Waals surface area contributed by atoms with E-state index in [1.165, 1.54) is 0 Å². The van der Waals surface area contributed by atoms with Gasteiger partial charge in [0.2, 0.25) is 0 Å². The zero-order chi connectivity index (χ0) is 18.4. The number of nitrogens with one attached hydrogen (secondary N) is 3. The highest BCUT2D eigenvalue weighted by atomic mass is 19.1. The summed E-state index contributed by atoms with van der Waals surface area (Å²) in [6.45, 7) is 4.03. The summed E-state index contributed by atoms with van der Waals surface area (Å²) in [7, 11) is 0. The maximum atomic E-state index is 13.6. The fraction of sp³-hybridized carbons (Fsp3) is 0.222. The van der Waals surface area contributed by atoms with E-state index in [1.807, 2.05) is 13.8 Å². The molecule has 7 heteroatoms. The Labute approximate surface area is 144 Å². The largest absolute Gasteiger partial charge is 0.336 e. The van der Waals surface area contributed by atoms with E-state index in [1.54, 1.807) is 24.3 Å². The lowest BCUT2D eigenvalue weighted by Crippen LogP contribution is -2.39. The molecule has 25 heavy (non-hydrogen) atoms. The van der Waals surface area contributed by atoms with E-state index < -0.39 is 17.5 Å².